The molecule has 0 aromatic rings. The molecule has 4 saturated carbocycles. The van der Waals surface area contributed by atoms with E-state index in [-0.39, 0.29) is 0 Å². The fraction of sp³-hybridized carbons (Fsp3) is 0.750. The fourth-order valence-corrected chi connectivity index (χ4v) is 6.05. The maximum absolute atomic E-state index is 11.6. The van der Waals surface area contributed by atoms with Crippen molar-refractivity contribution in [2.45, 2.75) is 46.0 Å². The number of nitrogens with zero attached hydrogens (tertiary/aromatic N) is 2. The van der Waals surface area contributed by atoms with Gasteiger partial charge in [0.25, 0.3) is 10.0 Å². The molecule has 7 nitrogen and oxygen atoms in total. The van der Waals surface area contributed by atoms with Crippen LogP contribution in [0.2, 0.25) is 0 Å². The Labute approximate surface area is 167 Å². The molecule has 2 N–H and O–H groups in total. The Morgan fingerprint density at radius 1 is 1.25 bits per heavy atom. The van der Waals surface area contributed by atoms with Gasteiger partial charge >= 0.3 is 0 Å². The maximum Gasteiger partial charge on any atom is 0.253 e. The van der Waals surface area contributed by atoms with E-state index < -0.39 is 10.0 Å². The molecule has 5 fully saturated rings. The normalized spacial score (nSPS) is 35.0. The van der Waals surface area contributed by atoms with Gasteiger partial charge in [0.1, 0.15) is 11.6 Å². The number of allylic oxidation sites excluding steroid dienone is 1. The van der Waals surface area contributed by atoms with Crippen molar-refractivity contribution in [3.63, 3.8) is 0 Å². The van der Waals surface area contributed by atoms with Crippen molar-refractivity contribution >= 4 is 16.0 Å². The van der Waals surface area contributed by atoms with Crippen molar-refractivity contribution in [1.29, 1.82) is 0 Å². The Bertz CT molecular complexity index is 883. The predicted octanol–water partition coefficient (Wildman–Crippen LogP) is 2.32. The summed E-state index contributed by atoms with van der Waals surface area (Å²) in [5, 5.41) is 0. The molecule has 154 valence electrons. The number of hydrogen-bond donors (Lipinski definition) is 2. The van der Waals surface area contributed by atoms with Gasteiger partial charge in [-0.05, 0) is 66.8 Å². The van der Waals surface area contributed by atoms with E-state index in [1.54, 1.807) is 0 Å². The standard InChI is InChI=1S/C20H30N4O3S/c1-20(2)14-7-6-13(16(20)8-14)11-27-17-9-18-21-22-19(23-28(3,25)26)24(18)10-15(17)12-4-5-12/h9,12-14,16,21H,4-8,10-11H2,1-3H3,(H,22,23)/t13-,14+,16+/m0/s1. The van der Waals surface area contributed by atoms with E-state index in [4.69, 9.17) is 4.74 Å². The van der Waals surface area contributed by atoms with Gasteiger partial charge in [0, 0.05) is 6.08 Å². The topological polar surface area (TPSA) is 83.0 Å². The van der Waals surface area contributed by atoms with Crippen LogP contribution < -0.4 is 10.9 Å². The van der Waals surface area contributed by atoms with E-state index >= 15 is 0 Å². The summed E-state index contributed by atoms with van der Waals surface area (Å²) in [6.45, 7) is 6.25. The number of hydrogen-bond acceptors (Lipinski definition) is 4. The molecule has 0 aromatic carbocycles. The van der Waals surface area contributed by atoms with Gasteiger partial charge in [-0.2, -0.15) is 0 Å². The molecule has 6 aliphatic rings. The average Bonchev–Trinajstić information content (AvgIpc) is 3.41. The Hall–Kier alpha value is -1.70. The van der Waals surface area contributed by atoms with Crippen LogP contribution in [0.4, 0.5) is 0 Å². The van der Waals surface area contributed by atoms with Crippen LogP contribution in [0.15, 0.2) is 27.6 Å². The number of ether oxygens (including phenoxy) is 1. The summed E-state index contributed by atoms with van der Waals surface area (Å²) in [5.74, 6) is 4.98. The zero-order valence-corrected chi connectivity index (χ0v) is 17.7. The molecule has 6 rings (SSSR count). The number of nitrogens with one attached hydrogen (secondary N) is 2. The van der Waals surface area contributed by atoms with Crippen LogP contribution in [-0.4, -0.2) is 38.7 Å². The van der Waals surface area contributed by atoms with Gasteiger partial charge in [-0.15, -0.1) is 4.40 Å². The molecule has 8 heteroatoms. The SMILES string of the molecule is CC1(C)[C@@H]2CC[C@@H](COC3=C(C4CC4)CN4C(=C3)NNC4=NS(C)(=O)=O)[C@H]1C2. The second kappa shape index (κ2) is 6.15. The van der Waals surface area contributed by atoms with Gasteiger partial charge in [-0.3, -0.25) is 15.8 Å². The van der Waals surface area contributed by atoms with Crippen LogP contribution in [0.3, 0.4) is 0 Å². The quantitative estimate of drug-likeness (QED) is 0.729. The maximum atomic E-state index is 11.6. The summed E-state index contributed by atoms with van der Waals surface area (Å²) < 4.78 is 33.4. The lowest BCUT2D eigenvalue weighted by Gasteiger charge is -2.60. The molecule has 4 aliphatic carbocycles. The molecule has 3 atom stereocenters. The van der Waals surface area contributed by atoms with Crippen LogP contribution >= 0.6 is 0 Å². The van der Waals surface area contributed by atoms with E-state index in [2.05, 4.69) is 29.1 Å². The Morgan fingerprint density at radius 2 is 2.04 bits per heavy atom. The fourth-order valence-electron chi connectivity index (χ4n) is 5.59. The van der Waals surface area contributed by atoms with E-state index in [1.165, 1.54) is 37.7 Å². The third kappa shape index (κ3) is 3.09. The Morgan fingerprint density at radius 3 is 2.68 bits per heavy atom. The third-order valence-electron chi connectivity index (χ3n) is 7.54. The van der Waals surface area contributed by atoms with Gasteiger partial charge in [0.15, 0.2) is 0 Å². The first-order valence-corrected chi connectivity index (χ1v) is 12.2. The number of sulfonamides is 1. The Kier molecular flexibility index (Phi) is 4.03. The number of guanidine groups is 1. The number of hydrazine groups is 1. The summed E-state index contributed by atoms with van der Waals surface area (Å²) in [7, 11) is -3.46. The second-order valence-corrected chi connectivity index (χ2v) is 11.3. The first-order chi connectivity index (χ1) is 13.2. The third-order valence-corrected chi connectivity index (χ3v) is 8.04. The van der Waals surface area contributed by atoms with Crippen molar-refractivity contribution in [1.82, 2.24) is 15.8 Å². The number of fused-ring (bicyclic) bond motifs is 3. The molecule has 2 aliphatic heterocycles. The monoisotopic (exact) mass is 406 g/mol. The van der Waals surface area contributed by atoms with Crippen molar-refractivity contribution < 1.29 is 13.2 Å². The molecule has 0 radical (unpaired) electrons. The van der Waals surface area contributed by atoms with Crippen molar-refractivity contribution in [2.24, 2.45) is 33.5 Å². The molecule has 1 saturated heterocycles. The minimum atomic E-state index is -3.46. The molecular formula is C20H30N4O3S. The first-order valence-electron chi connectivity index (χ1n) is 10.4. The van der Waals surface area contributed by atoms with Crippen LogP contribution in [0.5, 0.6) is 0 Å². The lowest BCUT2D eigenvalue weighted by Crippen LogP contribution is -2.53. The molecule has 2 bridgehead atoms. The molecule has 0 spiro atoms. The zero-order valence-electron chi connectivity index (χ0n) is 16.9. The van der Waals surface area contributed by atoms with Crippen LogP contribution in [-0.2, 0) is 14.8 Å². The highest BCUT2D eigenvalue weighted by molar-refractivity contribution is 7.89. The van der Waals surface area contributed by atoms with Gasteiger partial charge in [0.2, 0.25) is 5.96 Å². The summed E-state index contributed by atoms with van der Waals surface area (Å²) in [6.07, 6.45) is 9.44. The van der Waals surface area contributed by atoms with Crippen molar-refractivity contribution in [2.75, 3.05) is 19.4 Å². The average molecular weight is 407 g/mol. The molecule has 28 heavy (non-hydrogen) atoms. The van der Waals surface area contributed by atoms with Crippen LogP contribution in [0, 0.1) is 29.1 Å². The second-order valence-electron chi connectivity index (χ2n) is 9.69. The highest BCUT2D eigenvalue weighted by atomic mass is 32.2. The van der Waals surface area contributed by atoms with Crippen molar-refractivity contribution in [3.05, 3.63) is 23.2 Å². The lowest BCUT2D eigenvalue weighted by atomic mass is 9.46. The molecule has 0 unspecified atom stereocenters. The minimum Gasteiger partial charge on any atom is -0.493 e. The Balaban J connectivity index is 1.33. The predicted molar refractivity (Wildman–Crippen MR) is 107 cm³/mol. The summed E-state index contributed by atoms with van der Waals surface area (Å²) in [4.78, 5) is 1.89. The lowest BCUT2D eigenvalue weighted by molar-refractivity contribution is -0.118. The molecule has 0 aromatic heterocycles. The van der Waals surface area contributed by atoms with Gasteiger partial charge < -0.3 is 4.74 Å². The molecule has 2 heterocycles. The summed E-state index contributed by atoms with van der Waals surface area (Å²) >= 11 is 0. The van der Waals surface area contributed by atoms with E-state index in [1.807, 2.05) is 11.0 Å². The van der Waals surface area contributed by atoms with E-state index in [9.17, 15) is 8.42 Å². The minimum absolute atomic E-state index is 0.334. The molecule has 0 amide bonds. The van der Waals surface area contributed by atoms with E-state index in [0.29, 0.717) is 29.8 Å². The van der Waals surface area contributed by atoms with Crippen LogP contribution in [0.25, 0.3) is 0 Å². The largest absolute Gasteiger partial charge is 0.493 e. The van der Waals surface area contributed by atoms with Gasteiger partial charge in [-0.25, -0.2) is 8.42 Å². The zero-order chi connectivity index (χ0) is 19.7. The highest BCUT2D eigenvalue weighted by Crippen LogP contribution is 2.61. The number of rotatable bonds is 5. The van der Waals surface area contributed by atoms with Gasteiger partial charge in [0.05, 0.1) is 19.4 Å². The highest BCUT2D eigenvalue weighted by Gasteiger charge is 2.54. The first kappa shape index (κ1) is 18.3. The van der Waals surface area contributed by atoms with Gasteiger partial charge in [-0.1, -0.05) is 13.8 Å². The van der Waals surface area contributed by atoms with Crippen LogP contribution in [0.1, 0.15) is 46.0 Å². The van der Waals surface area contributed by atoms with E-state index in [0.717, 1.165) is 36.3 Å². The smallest absolute Gasteiger partial charge is 0.253 e. The van der Waals surface area contributed by atoms with Crippen molar-refractivity contribution in [3.8, 4) is 0 Å². The summed E-state index contributed by atoms with van der Waals surface area (Å²) in [5.41, 5.74) is 7.66. The molecular weight excluding hydrogens is 376 g/mol. The summed E-state index contributed by atoms with van der Waals surface area (Å²) in [6, 6.07) is 0.